The Balaban J connectivity index is 1.95. The van der Waals surface area contributed by atoms with Crippen molar-refractivity contribution in [1.29, 1.82) is 0 Å². The monoisotopic (exact) mass is 358 g/mol. The number of hydrogen-bond donors (Lipinski definition) is 1. The number of anilines is 1. The maximum atomic E-state index is 12.2. The third kappa shape index (κ3) is 5.61. The number of halogens is 1. The molecule has 0 aliphatic heterocycles. The standard InChI is InChI=1S/C20H23ClN2O2/c1-14-8-9-19(15(2)12-14)22-20(25)10-11-23(16(3)24)13-17-6-4-5-7-18(17)21/h4-9,12H,10-11,13H2,1-3H3,(H,22,25). The van der Waals surface area contributed by atoms with E-state index in [9.17, 15) is 9.59 Å². The Morgan fingerprint density at radius 1 is 1.12 bits per heavy atom. The lowest BCUT2D eigenvalue weighted by molar-refractivity contribution is -0.129. The van der Waals surface area contributed by atoms with Crippen LogP contribution in [0.15, 0.2) is 42.5 Å². The quantitative estimate of drug-likeness (QED) is 0.835. The number of carbonyl (C=O) groups excluding carboxylic acids is 2. The van der Waals surface area contributed by atoms with Gasteiger partial charge in [0, 0.05) is 37.1 Å². The number of carbonyl (C=O) groups is 2. The molecule has 2 aromatic rings. The molecule has 4 nitrogen and oxygen atoms in total. The number of benzene rings is 2. The van der Waals surface area contributed by atoms with Gasteiger partial charge in [-0.15, -0.1) is 0 Å². The number of hydrogen-bond acceptors (Lipinski definition) is 2. The molecule has 132 valence electrons. The number of amides is 2. The molecule has 0 saturated carbocycles. The maximum Gasteiger partial charge on any atom is 0.226 e. The molecule has 0 aliphatic carbocycles. The Morgan fingerprint density at radius 3 is 2.48 bits per heavy atom. The molecule has 2 aromatic carbocycles. The van der Waals surface area contributed by atoms with Crippen LogP contribution >= 0.6 is 11.6 Å². The molecule has 0 radical (unpaired) electrons. The molecule has 25 heavy (non-hydrogen) atoms. The van der Waals surface area contributed by atoms with E-state index < -0.39 is 0 Å². The van der Waals surface area contributed by atoms with Crippen LogP contribution in [0.1, 0.15) is 30.0 Å². The summed E-state index contributed by atoms with van der Waals surface area (Å²) in [6, 6.07) is 13.3. The van der Waals surface area contributed by atoms with E-state index in [1.165, 1.54) is 6.92 Å². The van der Waals surface area contributed by atoms with E-state index in [2.05, 4.69) is 5.32 Å². The molecule has 2 rings (SSSR count). The number of nitrogens with one attached hydrogen (secondary N) is 1. The molecule has 5 heteroatoms. The van der Waals surface area contributed by atoms with Crippen molar-refractivity contribution in [2.45, 2.75) is 33.7 Å². The van der Waals surface area contributed by atoms with E-state index in [0.717, 1.165) is 22.4 Å². The maximum absolute atomic E-state index is 12.2. The lowest BCUT2D eigenvalue weighted by atomic mass is 10.1. The summed E-state index contributed by atoms with van der Waals surface area (Å²) < 4.78 is 0. The molecule has 0 bridgehead atoms. The van der Waals surface area contributed by atoms with Crippen molar-refractivity contribution in [3.05, 3.63) is 64.2 Å². The molecule has 0 heterocycles. The van der Waals surface area contributed by atoms with E-state index in [0.29, 0.717) is 18.1 Å². The average molecular weight is 359 g/mol. The normalized spacial score (nSPS) is 10.4. The lowest BCUT2D eigenvalue weighted by Crippen LogP contribution is -2.31. The van der Waals surface area contributed by atoms with Crippen molar-refractivity contribution < 1.29 is 9.59 Å². The highest BCUT2D eigenvalue weighted by Gasteiger charge is 2.14. The lowest BCUT2D eigenvalue weighted by Gasteiger charge is -2.21. The Kier molecular flexibility index (Phi) is 6.59. The molecule has 0 fully saturated rings. The Morgan fingerprint density at radius 2 is 1.84 bits per heavy atom. The van der Waals surface area contributed by atoms with Crippen LogP contribution < -0.4 is 5.32 Å². The molecular formula is C20H23ClN2O2. The summed E-state index contributed by atoms with van der Waals surface area (Å²) >= 11 is 6.16. The molecule has 2 amide bonds. The van der Waals surface area contributed by atoms with E-state index in [1.54, 1.807) is 11.0 Å². The molecule has 0 aromatic heterocycles. The third-order valence-corrected chi connectivity index (χ3v) is 4.40. The zero-order valence-corrected chi connectivity index (χ0v) is 15.6. The van der Waals surface area contributed by atoms with Gasteiger partial charge in [0.15, 0.2) is 0 Å². The average Bonchev–Trinajstić information content (AvgIpc) is 2.55. The summed E-state index contributed by atoms with van der Waals surface area (Å²) in [5.41, 5.74) is 3.84. The summed E-state index contributed by atoms with van der Waals surface area (Å²) in [5.74, 6) is -0.198. The van der Waals surface area contributed by atoms with Gasteiger partial charge in [-0.3, -0.25) is 9.59 Å². The van der Waals surface area contributed by atoms with Crippen LogP contribution in [-0.2, 0) is 16.1 Å². The summed E-state index contributed by atoms with van der Waals surface area (Å²) in [4.78, 5) is 25.7. The van der Waals surface area contributed by atoms with Crippen LogP contribution in [0.4, 0.5) is 5.69 Å². The van der Waals surface area contributed by atoms with E-state index in [-0.39, 0.29) is 18.2 Å². The molecule has 0 spiro atoms. The molecule has 0 unspecified atom stereocenters. The smallest absolute Gasteiger partial charge is 0.226 e. The van der Waals surface area contributed by atoms with Crippen molar-refractivity contribution >= 4 is 29.1 Å². The first kappa shape index (κ1) is 19.0. The van der Waals surface area contributed by atoms with Gasteiger partial charge in [-0.05, 0) is 37.1 Å². The first-order chi connectivity index (χ1) is 11.9. The van der Waals surface area contributed by atoms with Crippen molar-refractivity contribution in [2.75, 3.05) is 11.9 Å². The van der Waals surface area contributed by atoms with E-state index in [4.69, 9.17) is 11.6 Å². The van der Waals surface area contributed by atoms with Crippen LogP contribution in [0.5, 0.6) is 0 Å². The summed E-state index contributed by atoms with van der Waals surface area (Å²) in [5, 5.41) is 3.52. The Bertz CT molecular complexity index is 774. The minimum absolute atomic E-state index is 0.0840. The van der Waals surface area contributed by atoms with Crippen LogP contribution in [0.2, 0.25) is 5.02 Å². The summed E-state index contributed by atoms with van der Waals surface area (Å²) in [6.07, 6.45) is 0.233. The second-order valence-corrected chi connectivity index (χ2v) is 6.56. The van der Waals surface area contributed by atoms with Gasteiger partial charge in [0.2, 0.25) is 11.8 Å². The van der Waals surface area contributed by atoms with Crippen LogP contribution in [0.3, 0.4) is 0 Å². The van der Waals surface area contributed by atoms with Gasteiger partial charge in [0.05, 0.1) is 0 Å². The highest BCUT2D eigenvalue weighted by atomic mass is 35.5. The topological polar surface area (TPSA) is 49.4 Å². The predicted molar refractivity (Wildman–Crippen MR) is 102 cm³/mol. The van der Waals surface area contributed by atoms with Crippen LogP contribution in [0, 0.1) is 13.8 Å². The third-order valence-electron chi connectivity index (χ3n) is 4.03. The largest absolute Gasteiger partial charge is 0.338 e. The van der Waals surface area contributed by atoms with Crippen molar-refractivity contribution in [1.82, 2.24) is 4.90 Å². The highest BCUT2D eigenvalue weighted by molar-refractivity contribution is 6.31. The fourth-order valence-corrected chi connectivity index (χ4v) is 2.78. The molecule has 0 atom stereocenters. The SMILES string of the molecule is CC(=O)N(CCC(=O)Nc1ccc(C)cc1C)Cc1ccccc1Cl. The fourth-order valence-electron chi connectivity index (χ4n) is 2.58. The van der Waals surface area contributed by atoms with Crippen molar-refractivity contribution in [3.8, 4) is 0 Å². The molecule has 0 saturated heterocycles. The highest BCUT2D eigenvalue weighted by Crippen LogP contribution is 2.18. The van der Waals surface area contributed by atoms with E-state index >= 15 is 0 Å². The molecule has 0 aliphatic rings. The van der Waals surface area contributed by atoms with Gasteiger partial charge in [-0.25, -0.2) is 0 Å². The number of nitrogens with zero attached hydrogens (tertiary/aromatic N) is 1. The summed E-state index contributed by atoms with van der Waals surface area (Å²) in [7, 11) is 0. The predicted octanol–water partition coefficient (Wildman–Crippen LogP) is 4.33. The second-order valence-electron chi connectivity index (χ2n) is 6.15. The Labute approximate surface area is 153 Å². The second kappa shape index (κ2) is 8.67. The van der Waals surface area contributed by atoms with Gasteiger partial charge in [0.25, 0.3) is 0 Å². The molecule has 1 N–H and O–H groups in total. The minimum atomic E-state index is -0.114. The first-order valence-corrected chi connectivity index (χ1v) is 8.60. The van der Waals surface area contributed by atoms with Crippen LogP contribution in [-0.4, -0.2) is 23.3 Å². The van der Waals surface area contributed by atoms with Crippen LogP contribution in [0.25, 0.3) is 0 Å². The molecular weight excluding hydrogens is 336 g/mol. The van der Waals surface area contributed by atoms with E-state index in [1.807, 2.05) is 50.2 Å². The fraction of sp³-hybridized carbons (Fsp3) is 0.300. The van der Waals surface area contributed by atoms with Crippen molar-refractivity contribution in [2.24, 2.45) is 0 Å². The zero-order valence-electron chi connectivity index (χ0n) is 14.8. The minimum Gasteiger partial charge on any atom is -0.338 e. The van der Waals surface area contributed by atoms with Gasteiger partial charge >= 0.3 is 0 Å². The number of rotatable bonds is 6. The summed E-state index contributed by atoms with van der Waals surface area (Å²) in [6.45, 7) is 6.21. The van der Waals surface area contributed by atoms with Gasteiger partial charge in [-0.1, -0.05) is 47.5 Å². The van der Waals surface area contributed by atoms with Gasteiger partial charge in [-0.2, -0.15) is 0 Å². The first-order valence-electron chi connectivity index (χ1n) is 8.23. The number of aryl methyl sites for hydroxylation is 2. The Hall–Kier alpha value is -2.33. The zero-order chi connectivity index (χ0) is 18.4. The van der Waals surface area contributed by atoms with Gasteiger partial charge in [0.1, 0.15) is 0 Å². The van der Waals surface area contributed by atoms with Crippen molar-refractivity contribution in [3.63, 3.8) is 0 Å². The van der Waals surface area contributed by atoms with Gasteiger partial charge < -0.3 is 10.2 Å².